The summed E-state index contributed by atoms with van der Waals surface area (Å²) in [5.41, 5.74) is 6.99. The van der Waals surface area contributed by atoms with Crippen LogP contribution in [-0.4, -0.2) is 19.9 Å². The summed E-state index contributed by atoms with van der Waals surface area (Å²) < 4.78 is 12.0. The number of nitrogens with two attached hydrogens (primary N) is 1. The van der Waals surface area contributed by atoms with Crippen molar-refractivity contribution in [1.29, 1.82) is 0 Å². The van der Waals surface area contributed by atoms with Crippen LogP contribution in [0.1, 0.15) is 11.7 Å². The molecule has 0 aliphatic carbocycles. The summed E-state index contributed by atoms with van der Waals surface area (Å²) in [6.45, 7) is 2.24. The van der Waals surface area contributed by atoms with E-state index in [2.05, 4.69) is 15.2 Å². The summed E-state index contributed by atoms with van der Waals surface area (Å²) in [5, 5.41) is 7.95. The van der Waals surface area contributed by atoms with E-state index in [1.165, 1.54) is 0 Å². The van der Waals surface area contributed by atoms with Crippen LogP contribution in [0.5, 0.6) is 0 Å². The zero-order chi connectivity index (χ0) is 12.5. The van der Waals surface area contributed by atoms with Crippen molar-refractivity contribution in [2.75, 3.05) is 5.73 Å². The monoisotopic (exact) mass is 245 g/mol. The Labute approximate surface area is 102 Å². The van der Waals surface area contributed by atoms with Crippen LogP contribution in [0, 0.1) is 6.92 Å². The number of aromatic nitrogens is 4. The van der Waals surface area contributed by atoms with Crippen LogP contribution >= 0.6 is 0 Å². The molecule has 0 atom stereocenters. The SMILES string of the molecule is Cc1occc1-c1noc(Cn2cc(N)cn2)n1. The lowest BCUT2D eigenvalue weighted by molar-refractivity contribution is 0.366. The number of nitrogens with zero attached hydrogens (tertiary/aromatic N) is 4. The third-order valence-electron chi connectivity index (χ3n) is 2.52. The molecule has 3 aromatic rings. The molecule has 3 rings (SSSR count). The largest absolute Gasteiger partial charge is 0.469 e. The van der Waals surface area contributed by atoms with Gasteiger partial charge in [0.1, 0.15) is 12.3 Å². The van der Waals surface area contributed by atoms with E-state index in [0.29, 0.717) is 23.9 Å². The van der Waals surface area contributed by atoms with E-state index in [0.717, 1.165) is 11.3 Å². The molecule has 3 aromatic heterocycles. The average Bonchev–Trinajstić information content (AvgIpc) is 3.02. The zero-order valence-electron chi connectivity index (χ0n) is 9.70. The molecule has 7 nitrogen and oxygen atoms in total. The van der Waals surface area contributed by atoms with Crippen molar-refractivity contribution in [2.24, 2.45) is 0 Å². The normalized spacial score (nSPS) is 10.9. The second kappa shape index (κ2) is 4.02. The summed E-state index contributed by atoms with van der Waals surface area (Å²) in [5.74, 6) is 1.73. The Morgan fingerprint density at radius 2 is 2.33 bits per heavy atom. The molecular formula is C11H11N5O2. The molecule has 0 saturated carbocycles. The Morgan fingerprint density at radius 3 is 3.00 bits per heavy atom. The molecular weight excluding hydrogens is 234 g/mol. The minimum Gasteiger partial charge on any atom is -0.469 e. The van der Waals surface area contributed by atoms with E-state index in [9.17, 15) is 0 Å². The second-order valence-electron chi connectivity index (χ2n) is 3.87. The van der Waals surface area contributed by atoms with Crippen LogP contribution in [0.25, 0.3) is 11.4 Å². The fraction of sp³-hybridized carbons (Fsp3) is 0.182. The highest BCUT2D eigenvalue weighted by Crippen LogP contribution is 2.21. The van der Waals surface area contributed by atoms with Gasteiger partial charge in [0.2, 0.25) is 11.7 Å². The van der Waals surface area contributed by atoms with Crippen LogP contribution in [0.3, 0.4) is 0 Å². The molecule has 3 heterocycles. The maximum absolute atomic E-state index is 5.57. The highest BCUT2D eigenvalue weighted by molar-refractivity contribution is 5.56. The highest BCUT2D eigenvalue weighted by Gasteiger charge is 2.13. The Bertz CT molecular complexity index is 666. The first-order valence-corrected chi connectivity index (χ1v) is 5.37. The number of anilines is 1. The maximum atomic E-state index is 5.57. The highest BCUT2D eigenvalue weighted by atomic mass is 16.5. The van der Waals surface area contributed by atoms with Gasteiger partial charge >= 0.3 is 0 Å². The van der Waals surface area contributed by atoms with Gasteiger partial charge in [-0.05, 0) is 13.0 Å². The van der Waals surface area contributed by atoms with Gasteiger partial charge in [0.25, 0.3) is 0 Å². The number of rotatable bonds is 3. The number of hydrogen-bond acceptors (Lipinski definition) is 6. The quantitative estimate of drug-likeness (QED) is 0.750. The lowest BCUT2D eigenvalue weighted by Crippen LogP contribution is -2.00. The van der Waals surface area contributed by atoms with Gasteiger partial charge in [-0.15, -0.1) is 0 Å². The maximum Gasteiger partial charge on any atom is 0.248 e. The third kappa shape index (κ3) is 1.86. The molecule has 7 heteroatoms. The molecule has 0 radical (unpaired) electrons. The van der Waals surface area contributed by atoms with Gasteiger partial charge in [-0.2, -0.15) is 10.1 Å². The number of furan rings is 1. The first-order valence-electron chi connectivity index (χ1n) is 5.37. The lowest BCUT2D eigenvalue weighted by Gasteiger charge is -1.93. The van der Waals surface area contributed by atoms with Crippen molar-refractivity contribution in [3.63, 3.8) is 0 Å². The molecule has 0 unspecified atom stereocenters. The van der Waals surface area contributed by atoms with Crippen molar-refractivity contribution in [3.8, 4) is 11.4 Å². The third-order valence-corrected chi connectivity index (χ3v) is 2.52. The first-order chi connectivity index (χ1) is 8.72. The van der Waals surface area contributed by atoms with Crippen LogP contribution < -0.4 is 5.73 Å². The Kier molecular flexibility index (Phi) is 2.36. The van der Waals surface area contributed by atoms with Crippen LogP contribution in [0.4, 0.5) is 5.69 Å². The van der Waals surface area contributed by atoms with Gasteiger partial charge in [-0.25, -0.2) is 0 Å². The summed E-state index contributed by atoms with van der Waals surface area (Å²) in [4.78, 5) is 4.28. The number of nitrogen functional groups attached to an aromatic ring is 1. The Morgan fingerprint density at radius 1 is 1.44 bits per heavy atom. The Hall–Kier alpha value is -2.57. The second-order valence-corrected chi connectivity index (χ2v) is 3.87. The first kappa shape index (κ1) is 10.6. The van der Waals surface area contributed by atoms with Crippen molar-refractivity contribution < 1.29 is 8.94 Å². The standard InChI is InChI=1S/C11H11N5O2/c1-7-9(2-3-17-7)11-14-10(18-15-11)6-16-5-8(12)4-13-16/h2-5H,6,12H2,1H3. The Balaban J connectivity index is 1.84. The smallest absolute Gasteiger partial charge is 0.248 e. The van der Waals surface area contributed by atoms with Gasteiger partial charge in [-0.3, -0.25) is 4.68 Å². The van der Waals surface area contributed by atoms with Crippen molar-refractivity contribution in [3.05, 3.63) is 36.4 Å². The molecule has 0 aliphatic rings. The summed E-state index contributed by atoms with van der Waals surface area (Å²) in [7, 11) is 0. The molecule has 0 fully saturated rings. The zero-order valence-corrected chi connectivity index (χ0v) is 9.70. The number of hydrogen-bond donors (Lipinski definition) is 1. The molecule has 0 aromatic carbocycles. The van der Waals surface area contributed by atoms with Crippen LogP contribution in [0.15, 0.2) is 33.7 Å². The molecule has 18 heavy (non-hydrogen) atoms. The minimum atomic E-state index is 0.390. The minimum absolute atomic E-state index is 0.390. The molecule has 0 bridgehead atoms. The van der Waals surface area contributed by atoms with Crippen molar-refractivity contribution >= 4 is 5.69 Å². The lowest BCUT2D eigenvalue weighted by atomic mass is 10.2. The van der Waals surface area contributed by atoms with Gasteiger partial charge in [0, 0.05) is 6.20 Å². The van der Waals surface area contributed by atoms with E-state index in [1.54, 1.807) is 29.4 Å². The summed E-state index contributed by atoms with van der Waals surface area (Å²) in [6, 6.07) is 1.80. The van der Waals surface area contributed by atoms with E-state index in [1.807, 2.05) is 6.92 Å². The predicted octanol–water partition coefficient (Wildman–Crippen LogP) is 1.47. The molecule has 92 valence electrons. The fourth-order valence-electron chi connectivity index (χ4n) is 1.65. The predicted molar refractivity (Wildman–Crippen MR) is 62.5 cm³/mol. The number of aryl methyl sites for hydroxylation is 1. The molecule has 0 amide bonds. The fourth-order valence-corrected chi connectivity index (χ4v) is 1.65. The molecule has 2 N–H and O–H groups in total. The van der Waals surface area contributed by atoms with E-state index in [4.69, 9.17) is 14.7 Å². The van der Waals surface area contributed by atoms with Crippen LogP contribution in [0.2, 0.25) is 0 Å². The van der Waals surface area contributed by atoms with E-state index in [-0.39, 0.29) is 0 Å². The van der Waals surface area contributed by atoms with Gasteiger partial charge in [0.05, 0.1) is 23.7 Å². The van der Waals surface area contributed by atoms with Crippen LogP contribution in [-0.2, 0) is 6.54 Å². The summed E-state index contributed by atoms with van der Waals surface area (Å²) in [6.07, 6.45) is 4.86. The van der Waals surface area contributed by atoms with E-state index < -0.39 is 0 Å². The van der Waals surface area contributed by atoms with E-state index >= 15 is 0 Å². The topological polar surface area (TPSA) is 95.9 Å². The van der Waals surface area contributed by atoms with Gasteiger partial charge < -0.3 is 14.7 Å². The van der Waals surface area contributed by atoms with Gasteiger partial charge in [-0.1, -0.05) is 5.16 Å². The summed E-state index contributed by atoms with van der Waals surface area (Å²) >= 11 is 0. The van der Waals surface area contributed by atoms with Crippen molar-refractivity contribution in [2.45, 2.75) is 13.5 Å². The molecule has 0 saturated heterocycles. The van der Waals surface area contributed by atoms with Gasteiger partial charge in [0.15, 0.2) is 0 Å². The van der Waals surface area contributed by atoms with Crippen molar-refractivity contribution in [1.82, 2.24) is 19.9 Å². The molecule has 0 aliphatic heterocycles. The molecule has 0 spiro atoms. The average molecular weight is 245 g/mol.